The van der Waals surface area contributed by atoms with Crippen molar-refractivity contribution in [2.75, 3.05) is 122 Å². The van der Waals surface area contributed by atoms with Gasteiger partial charge in [-0.15, -0.1) is 0 Å². The molecule has 96 heavy (non-hydrogen) atoms. The summed E-state index contributed by atoms with van der Waals surface area (Å²) in [4.78, 5) is 71.3. The van der Waals surface area contributed by atoms with Gasteiger partial charge in [0.25, 0.3) is 0 Å². The lowest BCUT2D eigenvalue weighted by Gasteiger charge is -2.24. The smallest absolute Gasteiger partial charge is 0.462 e. The number of methoxy groups -OCH3 is 2. The summed E-state index contributed by atoms with van der Waals surface area (Å²) >= 11 is 0. The zero-order valence-corrected chi connectivity index (χ0v) is 64.6. The van der Waals surface area contributed by atoms with E-state index in [1.807, 2.05) is 42.3 Å². The number of hydrogen-bond donors (Lipinski definition) is 2. The normalized spacial score (nSPS) is 13.9. The molecule has 0 fully saturated rings. The van der Waals surface area contributed by atoms with Crippen LogP contribution in [-0.4, -0.2) is 177 Å². The Bertz CT molecular complexity index is 1770. The summed E-state index contributed by atoms with van der Waals surface area (Å²) in [5.74, 6) is -1.66. The first-order valence-electron chi connectivity index (χ1n) is 38.6. The third-order valence-electron chi connectivity index (χ3n) is 17.3. The van der Waals surface area contributed by atoms with Crippen LogP contribution in [0.15, 0.2) is 0 Å². The van der Waals surface area contributed by atoms with Gasteiger partial charge in [0.1, 0.15) is 39.5 Å². The Balaban J connectivity index is 4.02. The minimum Gasteiger partial charge on any atom is -0.462 e. The average molecular weight is 1420 g/mol. The fourth-order valence-corrected chi connectivity index (χ4v) is 12.7. The average Bonchev–Trinajstić information content (AvgIpc) is 1.41. The summed E-state index contributed by atoms with van der Waals surface area (Å²) in [5.41, 5.74) is 0. The summed E-state index contributed by atoms with van der Waals surface area (Å²) in [6.45, 7) is 1.32. The van der Waals surface area contributed by atoms with Crippen LogP contribution in [0.1, 0.15) is 321 Å². The van der Waals surface area contributed by atoms with Crippen LogP contribution in [0.25, 0.3) is 0 Å². The molecule has 0 radical (unpaired) electrons. The predicted octanol–water partition coefficient (Wildman–Crippen LogP) is 18.4. The van der Waals surface area contributed by atoms with E-state index in [4.69, 9.17) is 46.5 Å². The van der Waals surface area contributed by atoms with Crippen molar-refractivity contribution in [1.82, 2.24) is 0 Å². The number of carbonyl (C=O) groups excluding carboxylic acids is 4. The number of phosphoric acid groups is 2. The first-order chi connectivity index (χ1) is 46.1. The maximum atomic E-state index is 12.7. The topological polar surface area (TPSA) is 235 Å². The number of quaternary nitrogens is 2. The molecule has 570 valence electrons. The van der Waals surface area contributed by atoms with Gasteiger partial charge < -0.3 is 47.2 Å². The lowest BCUT2D eigenvalue weighted by Crippen LogP contribution is -2.37. The molecule has 0 amide bonds. The highest BCUT2D eigenvalue weighted by Gasteiger charge is 2.29. The molecular weight excluding hydrogens is 1270 g/mol. The number of carbonyl (C=O) groups is 4. The molecule has 0 saturated heterocycles. The van der Waals surface area contributed by atoms with Gasteiger partial charge in [0.2, 0.25) is 0 Å². The van der Waals surface area contributed by atoms with E-state index in [2.05, 4.69) is 0 Å². The Labute approximate surface area is 586 Å². The summed E-state index contributed by atoms with van der Waals surface area (Å²) in [7, 11) is 6.33. The number of unbranched alkanes of at least 4 members (excludes halogenated alkanes) is 43. The standard InChI is InChI=1S/C74H146N2O18P2/c1-75(2,3)59-63-89-95(81,82)91-67-69(93-73(79)57-51-45-39-33-29-35-41-47-53-61-85-7)65-87-71(77)55-49-43-37-31-27-25-23-21-19-17-15-13-11-9-10-12-14-16-18-20-22-24-26-28-32-38-44-50-56-72(78)88-66-70(68-92-96(83,84)90-64-60-76(4,5)6)94-74(80)58-52-46-40-34-30-36-42-48-54-62-86-8/h69-70H,9-68H2,1-8H3/p+2. The van der Waals surface area contributed by atoms with Crippen molar-refractivity contribution in [2.24, 2.45) is 0 Å². The molecule has 0 rings (SSSR count). The van der Waals surface area contributed by atoms with Crippen LogP contribution in [0, 0.1) is 0 Å². The van der Waals surface area contributed by atoms with Crippen LogP contribution >= 0.6 is 15.6 Å². The zero-order chi connectivity index (χ0) is 71.0. The Morgan fingerprint density at radius 1 is 0.281 bits per heavy atom. The monoisotopic (exact) mass is 1420 g/mol. The summed E-state index contributed by atoms with van der Waals surface area (Å²) in [6, 6.07) is 0. The Morgan fingerprint density at radius 3 is 0.688 bits per heavy atom. The Hall–Kier alpha value is -2.06. The summed E-state index contributed by atoms with van der Waals surface area (Å²) in [5, 5.41) is 0. The van der Waals surface area contributed by atoms with Crippen molar-refractivity contribution in [1.29, 1.82) is 0 Å². The molecule has 20 nitrogen and oxygen atoms in total. The molecule has 0 aromatic heterocycles. The van der Waals surface area contributed by atoms with Crippen molar-refractivity contribution in [3.63, 3.8) is 0 Å². The minimum atomic E-state index is -4.40. The summed E-state index contributed by atoms with van der Waals surface area (Å²) in [6.07, 6.45) is 52.4. The molecule has 0 spiro atoms. The van der Waals surface area contributed by atoms with Crippen LogP contribution in [0.4, 0.5) is 0 Å². The van der Waals surface area contributed by atoms with E-state index in [0.29, 0.717) is 34.9 Å². The van der Waals surface area contributed by atoms with Gasteiger partial charge >= 0.3 is 39.5 Å². The molecule has 22 heteroatoms. The molecular formula is C74H148N2O18P2+2. The lowest BCUT2D eigenvalue weighted by atomic mass is 10.0. The van der Waals surface area contributed by atoms with E-state index in [0.717, 1.165) is 116 Å². The molecule has 4 atom stereocenters. The van der Waals surface area contributed by atoms with Gasteiger partial charge in [-0.25, -0.2) is 9.13 Å². The second-order valence-corrected chi connectivity index (χ2v) is 32.0. The van der Waals surface area contributed by atoms with Gasteiger partial charge in [0, 0.05) is 53.1 Å². The molecule has 0 saturated carbocycles. The number of phosphoric ester groups is 2. The maximum Gasteiger partial charge on any atom is 0.472 e. The second kappa shape index (κ2) is 65.0. The van der Waals surface area contributed by atoms with Crippen molar-refractivity contribution >= 4 is 39.5 Å². The van der Waals surface area contributed by atoms with Crippen molar-refractivity contribution < 1.29 is 93.6 Å². The van der Waals surface area contributed by atoms with Gasteiger partial charge in [0.15, 0.2) is 12.2 Å². The highest BCUT2D eigenvalue weighted by Crippen LogP contribution is 2.44. The molecule has 0 aromatic carbocycles. The van der Waals surface area contributed by atoms with E-state index in [1.165, 1.54) is 180 Å². The highest BCUT2D eigenvalue weighted by atomic mass is 31.2. The molecule has 0 aliphatic heterocycles. The molecule has 0 aliphatic carbocycles. The molecule has 0 aliphatic rings. The quantitative estimate of drug-likeness (QED) is 0.0189. The van der Waals surface area contributed by atoms with E-state index in [1.54, 1.807) is 14.2 Å². The lowest BCUT2D eigenvalue weighted by molar-refractivity contribution is -0.870. The first kappa shape index (κ1) is 93.9. The van der Waals surface area contributed by atoms with Crippen molar-refractivity contribution in [3.05, 3.63) is 0 Å². The third kappa shape index (κ3) is 71.8. The van der Waals surface area contributed by atoms with Crippen molar-refractivity contribution in [3.8, 4) is 0 Å². The van der Waals surface area contributed by atoms with Gasteiger partial charge in [-0.1, -0.05) is 257 Å². The number of esters is 4. The van der Waals surface area contributed by atoms with Gasteiger partial charge in [-0.3, -0.25) is 37.3 Å². The third-order valence-corrected chi connectivity index (χ3v) is 19.3. The van der Waals surface area contributed by atoms with E-state index in [9.17, 15) is 38.1 Å². The molecule has 4 unspecified atom stereocenters. The number of nitrogens with zero attached hydrogens (tertiary/aromatic N) is 2. The Kier molecular flexibility index (Phi) is 63.6. The number of likely N-dealkylation sites (N-methyl/N-ethyl adjacent to an activating group) is 2. The first-order valence-corrected chi connectivity index (χ1v) is 41.6. The maximum absolute atomic E-state index is 12.7. The molecule has 0 heterocycles. The number of rotatable bonds is 75. The van der Waals surface area contributed by atoms with Crippen LogP contribution < -0.4 is 0 Å². The fourth-order valence-electron chi connectivity index (χ4n) is 11.2. The SMILES string of the molecule is COCCCCCCCCCCCC(=O)OC(COC(=O)CCCCCCCCCCCCCCCCCCCCCCCCCCCCCCC(=O)OCC(COP(=O)(O)OCC[N+](C)(C)C)OC(=O)CCCCCCCCCCCOC)COP(=O)(O)OCC[N+](C)(C)C. The Morgan fingerprint density at radius 2 is 0.479 bits per heavy atom. The minimum absolute atomic E-state index is 0.0167. The zero-order valence-electron chi connectivity index (χ0n) is 62.8. The van der Waals surface area contributed by atoms with Crippen LogP contribution in [0.3, 0.4) is 0 Å². The van der Waals surface area contributed by atoms with Gasteiger partial charge in [0.05, 0.1) is 55.5 Å². The second-order valence-electron chi connectivity index (χ2n) is 29.1. The van der Waals surface area contributed by atoms with Gasteiger partial charge in [-0.05, 0) is 38.5 Å². The fraction of sp³-hybridized carbons (Fsp3) is 0.946. The van der Waals surface area contributed by atoms with Crippen molar-refractivity contribution in [2.45, 2.75) is 333 Å². The largest absolute Gasteiger partial charge is 0.472 e. The van der Waals surface area contributed by atoms with Crippen LogP contribution in [0.5, 0.6) is 0 Å². The van der Waals surface area contributed by atoms with Crippen LogP contribution in [-0.2, 0) is 74.8 Å². The van der Waals surface area contributed by atoms with E-state index < -0.39 is 53.0 Å². The van der Waals surface area contributed by atoms with Gasteiger partial charge in [-0.2, -0.15) is 0 Å². The highest BCUT2D eigenvalue weighted by molar-refractivity contribution is 7.47. The molecule has 0 bridgehead atoms. The number of hydrogen-bond acceptors (Lipinski definition) is 16. The van der Waals surface area contributed by atoms with E-state index >= 15 is 0 Å². The number of ether oxygens (including phenoxy) is 6. The predicted molar refractivity (Wildman–Crippen MR) is 386 cm³/mol. The summed E-state index contributed by atoms with van der Waals surface area (Å²) < 4.78 is 79.2. The van der Waals surface area contributed by atoms with Crippen LogP contribution in [0.2, 0.25) is 0 Å². The van der Waals surface area contributed by atoms with E-state index in [-0.39, 0.29) is 64.0 Å². The molecule has 0 aromatic rings. The molecule has 2 N–H and O–H groups in total.